The minimum atomic E-state index is -4.36. The van der Waals surface area contributed by atoms with Crippen molar-refractivity contribution < 1.29 is 61.6 Å². The number of benzene rings is 1. The number of carbonyl (C=O) groups excluding carboxylic acids is 2. The molecule has 0 radical (unpaired) electrons. The third-order valence-corrected chi connectivity index (χ3v) is 8.41. The molecule has 7 nitrogen and oxygen atoms in total. The van der Waals surface area contributed by atoms with Gasteiger partial charge in [-0.3, -0.25) is 0 Å². The van der Waals surface area contributed by atoms with Gasteiger partial charge in [-0.25, -0.2) is 18.0 Å². The van der Waals surface area contributed by atoms with E-state index in [4.69, 9.17) is 9.47 Å². The molecule has 0 amide bonds. The second-order valence-electron chi connectivity index (χ2n) is 11.5. The van der Waals surface area contributed by atoms with Crippen molar-refractivity contribution in [3.8, 4) is 0 Å². The molecule has 0 saturated carbocycles. The van der Waals surface area contributed by atoms with Gasteiger partial charge in [0.25, 0.3) is 0 Å². The maximum Gasteiger partial charge on any atom is 1.00 e. The summed E-state index contributed by atoms with van der Waals surface area (Å²) in [6.07, 6.45) is 27.5. The van der Waals surface area contributed by atoms with E-state index < -0.39 is 27.8 Å². The van der Waals surface area contributed by atoms with E-state index in [2.05, 4.69) is 6.92 Å². The smallest absolute Gasteiger partial charge is 0.748 e. The first-order valence-electron chi connectivity index (χ1n) is 16.7. The summed E-state index contributed by atoms with van der Waals surface area (Å²) >= 11 is 0. The fraction of sp³-hybridized carbons (Fsp3) is 0.765. The van der Waals surface area contributed by atoms with Gasteiger partial charge in [-0.2, -0.15) is 0 Å². The Labute approximate surface area is 284 Å². The standard InChI is InChI=1S/C34H58O7S.Na/c1-2-3-4-5-6-7-8-9-10-11-12-13-14-15-16-17-18-19-20-21-24-28-40-33(35)31-26-22-23-27-32(31)34(36)41-29-25-30-42(37,38)39;/h22-23,26-27H,2-21,24-25,28-30H2,1H3,(H,37,38,39);/q;+1/p-1. The van der Waals surface area contributed by atoms with Gasteiger partial charge in [0.05, 0.1) is 34.5 Å². The Morgan fingerprint density at radius 3 is 1.19 bits per heavy atom. The van der Waals surface area contributed by atoms with Crippen LogP contribution < -0.4 is 29.6 Å². The van der Waals surface area contributed by atoms with Crippen LogP contribution in [0.2, 0.25) is 0 Å². The number of hydrogen-bond acceptors (Lipinski definition) is 7. The molecular formula is C34H57NaO7S. The monoisotopic (exact) mass is 632 g/mol. The fourth-order valence-corrected chi connectivity index (χ4v) is 5.57. The average Bonchev–Trinajstić information content (AvgIpc) is 2.97. The summed E-state index contributed by atoms with van der Waals surface area (Å²) in [6.45, 7) is 2.35. The van der Waals surface area contributed by atoms with E-state index in [1.165, 1.54) is 128 Å². The first kappa shape index (κ1) is 42.1. The number of unbranched alkanes of at least 4 members (excludes halogenated alkanes) is 20. The molecule has 0 heterocycles. The second-order valence-corrected chi connectivity index (χ2v) is 13.0. The van der Waals surface area contributed by atoms with Gasteiger partial charge in [-0.05, 0) is 25.0 Å². The molecule has 0 aliphatic rings. The van der Waals surface area contributed by atoms with Crippen molar-refractivity contribution in [1.29, 1.82) is 0 Å². The third-order valence-electron chi connectivity index (χ3n) is 7.62. The maximum atomic E-state index is 12.5. The van der Waals surface area contributed by atoms with Crippen LogP contribution in [0.1, 0.15) is 169 Å². The van der Waals surface area contributed by atoms with Crippen molar-refractivity contribution in [3.63, 3.8) is 0 Å². The van der Waals surface area contributed by atoms with Crippen molar-refractivity contribution in [2.45, 2.75) is 148 Å². The Hall–Kier alpha value is -0.930. The topological polar surface area (TPSA) is 110 Å². The summed E-state index contributed by atoms with van der Waals surface area (Å²) in [6, 6.07) is 6.20. The van der Waals surface area contributed by atoms with Crippen LogP contribution in [0.5, 0.6) is 0 Å². The Morgan fingerprint density at radius 1 is 0.558 bits per heavy atom. The van der Waals surface area contributed by atoms with E-state index in [9.17, 15) is 22.6 Å². The van der Waals surface area contributed by atoms with Crippen LogP contribution in [0.25, 0.3) is 0 Å². The summed E-state index contributed by atoms with van der Waals surface area (Å²) in [7, 11) is -4.36. The largest absolute Gasteiger partial charge is 1.00 e. The van der Waals surface area contributed by atoms with Crippen LogP contribution in [-0.4, -0.2) is 43.9 Å². The van der Waals surface area contributed by atoms with Crippen molar-refractivity contribution in [2.24, 2.45) is 0 Å². The molecule has 0 aliphatic carbocycles. The minimum absolute atomic E-state index is 0. The average molecular weight is 633 g/mol. The first-order chi connectivity index (χ1) is 20.3. The molecule has 1 aromatic rings. The van der Waals surface area contributed by atoms with Crippen LogP contribution >= 0.6 is 0 Å². The van der Waals surface area contributed by atoms with Gasteiger partial charge in [0, 0.05) is 5.75 Å². The fourth-order valence-electron chi connectivity index (χ4n) is 5.09. The Kier molecular flexibility index (Phi) is 27.9. The number of esters is 2. The van der Waals surface area contributed by atoms with Gasteiger partial charge >= 0.3 is 41.5 Å². The van der Waals surface area contributed by atoms with E-state index in [0.29, 0.717) is 6.61 Å². The van der Waals surface area contributed by atoms with E-state index in [1.54, 1.807) is 12.1 Å². The zero-order valence-corrected chi connectivity index (χ0v) is 30.1. The SMILES string of the molecule is CCCCCCCCCCCCCCCCCCCCCCCOC(=O)c1ccccc1C(=O)OCCCS(=O)(=O)[O-].[Na+]. The summed E-state index contributed by atoms with van der Waals surface area (Å²) in [5, 5.41) is 0. The molecule has 0 spiro atoms. The van der Waals surface area contributed by atoms with E-state index in [-0.39, 0.29) is 53.7 Å². The van der Waals surface area contributed by atoms with Crippen LogP contribution in [-0.2, 0) is 19.6 Å². The van der Waals surface area contributed by atoms with Crippen LogP contribution in [0.15, 0.2) is 24.3 Å². The van der Waals surface area contributed by atoms with Gasteiger partial charge in [0.1, 0.15) is 0 Å². The van der Waals surface area contributed by atoms with Crippen molar-refractivity contribution in [2.75, 3.05) is 19.0 Å². The molecule has 1 aromatic carbocycles. The first-order valence-corrected chi connectivity index (χ1v) is 18.3. The molecule has 9 heteroatoms. The molecule has 0 unspecified atom stereocenters. The summed E-state index contributed by atoms with van der Waals surface area (Å²) < 4.78 is 42.3. The van der Waals surface area contributed by atoms with Gasteiger partial charge < -0.3 is 14.0 Å². The Balaban J connectivity index is 0.0000176. The number of hydrogen-bond donors (Lipinski definition) is 0. The van der Waals surface area contributed by atoms with Gasteiger partial charge in [-0.15, -0.1) is 0 Å². The van der Waals surface area contributed by atoms with E-state index in [0.717, 1.165) is 19.3 Å². The molecule has 0 fully saturated rings. The predicted octanol–water partition coefficient (Wildman–Crippen LogP) is 6.15. The molecule has 0 aliphatic heterocycles. The normalized spacial score (nSPS) is 11.2. The second kappa shape index (κ2) is 28.5. The van der Waals surface area contributed by atoms with Gasteiger partial charge in [0.15, 0.2) is 0 Å². The van der Waals surface area contributed by atoms with Gasteiger partial charge in [0.2, 0.25) is 0 Å². The Morgan fingerprint density at radius 2 is 0.860 bits per heavy atom. The molecule has 242 valence electrons. The molecule has 1 rings (SSSR count). The summed E-state index contributed by atoms with van der Waals surface area (Å²) in [5.41, 5.74) is 0.175. The molecule has 0 bridgehead atoms. The molecule has 43 heavy (non-hydrogen) atoms. The summed E-state index contributed by atoms with van der Waals surface area (Å²) in [4.78, 5) is 24.8. The van der Waals surface area contributed by atoms with Crippen LogP contribution in [0.4, 0.5) is 0 Å². The third kappa shape index (κ3) is 25.0. The van der Waals surface area contributed by atoms with Crippen molar-refractivity contribution in [1.82, 2.24) is 0 Å². The van der Waals surface area contributed by atoms with Gasteiger partial charge in [-0.1, -0.05) is 147 Å². The zero-order valence-electron chi connectivity index (χ0n) is 27.3. The van der Waals surface area contributed by atoms with Crippen LogP contribution in [0.3, 0.4) is 0 Å². The van der Waals surface area contributed by atoms with E-state index in [1.807, 2.05) is 0 Å². The number of carbonyl (C=O) groups is 2. The van der Waals surface area contributed by atoms with Crippen LogP contribution in [0, 0.1) is 0 Å². The number of ether oxygens (including phenoxy) is 2. The quantitative estimate of drug-likeness (QED) is 0.0472. The summed E-state index contributed by atoms with van der Waals surface area (Å²) in [5.74, 6) is -1.94. The van der Waals surface area contributed by atoms with E-state index >= 15 is 0 Å². The molecule has 0 saturated heterocycles. The maximum absolute atomic E-state index is 12.5. The minimum Gasteiger partial charge on any atom is -0.748 e. The Bertz CT molecular complexity index is 936. The molecule has 0 N–H and O–H groups in total. The number of rotatable bonds is 28. The molecular weight excluding hydrogens is 575 g/mol. The zero-order chi connectivity index (χ0) is 30.7. The molecule has 0 atom stereocenters. The predicted molar refractivity (Wildman–Crippen MR) is 169 cm³/mol. The molecule has 0 aromatic heterocycles. The van der Waals surface area contributed by atoms with Crippen molar-refractivity contribution in [3.05, 3.63) is 35.4 Å². The van der Waals surface area contributed by atoms with Crippen molar-refractivity contribution >= 4 is 22.1 Å².